The monoisotopic (exact) mass is 196 g/mol. The van der Waals surface area contributed by atoms with Gasteiger partial charge in [-0.15, -0.1) is 0 Å². The van der Waals surface area contributed by atoms with Crippen LogP contribution in [0, 0.1) is 0 Å². The zero-order chi connectivity index (χ0) is 10.3. The molecule has 0 radical (unpaired) electrons. The van der Waals surface area contributed by atoms with E-state index in [1.165, 1.54) is 16.7 Å². The Kier molecular flexibility index (Phi) is 1.78. The topological polar surface area (TPSA) is 13.1 Å². The first kappa shape index (κ1) is 8.54. The minimum absolute atomic E-state index is 0.958. The van der Waals surface area contributed by atoms with Gasteiger partial charge in [-0.25, -0.2) is 0 Å². The molecule has 15 heavy (non-hydrogen) atoms. The van der Waals surface area contributed by atoms with E-state index in [0.717, 1.165) is 24.2 Å². The minimum atomic E-state index is 0.958. The zero-order valence-electron chi connectivity index (χ0n) is 8.49. The maximum absolute atomic E-state index is 5.51. The third-order valence-corrected chi connectivity index (χ3v) is 2.99. The lowest BCUT2D eigenvalue weighted by molar-refractivity contribution is 0.552. The van der Waals surface area contributed by atoms with Gasteiger partial charge in [-0.05, 0) is 35.6 Å². The van der Waals surface area contributed by atoms with E-state index in [-0.39, 0.29) is 0 Å². The summed E-state index contributed by atoms with van der Waals surface area (Å²) in [4.78, 5) is 0. The number of fused-ring (bicyclic) bond motifs is 3. The van der Waals surface area contributed by atoms with Crippen LogP contribution in [-0.4, -0.2) is 0 Å². The Morgan fingerprint density at radius 1 is 1.00 bits per heavy atom. The van der Waals surface area contributed by atoms with E-state index in [2.05, 4.69) is 30.8 Å². The highest BCUT2D eigenvalue weighted by Crippen LogP contribution is 2.37. The van der Waals surface area contributed by atoms with Crippen LogP contribution in [0.4, 0.5) is 0 Å². The molecule has 1 heteroatoms. The molecule has 0 N–H and O–H groups in total. The SMILES string of the molecule is C=C1CCc2ccccc2-c2ccoc21. The minimum Gasteiger partial charge on any atom is -0.464 e. The Balaban J connectivity index is 2.31. The lowest BCUT2D eigenvalue weighted by atomic mass is 10.0. The Labute approximate surface area is 89.0 Å². The predicted molar refractivity (Wildman–Crippen MR) is 61.5 cm³/mol. The van der Waals surface area contributed by atoms with Gasteiger partial charge in [-0.2, -0.15) is 0 Å². The molecule has 0 aliphatic heterocycles. The van der Waals surface area contributed by atoms with Crippen molar-refractivity contribution in [2.75, 3.05) is 0 Å². The normalized spacial score (nSPS) is 14.3. The smallest absolute Gasteiger partial charge is 0.137 e. The van der Waals surface area contributed by atoms with Crippen molar-refractivity contribution >= 4 is 5.57 Å². The molecule has 0 unspecified atom stereocenters. The fraction of sp³-hybridized carbons (Fsp3) is 0.143. The molecule has 0 fully saturated rings. The molecular weight excluding hydrogens is 184 g/mol. The van der Waals surface area contributed by atoms with Gasteiger partial charge in [0.2, 0.25) is 0 Å². The van der Waals surface area contributed by atoms with Gasteiger partial charge in [0.1, 0.15) is 5.76 Å². The molecule has 1 heterocycles. The van der Waals surface area contributed by atoms with Crippen molar-refractivity contribution in [2.24, 2.45) is 0 Å². The third-order valence-electron chi connectivity index (χ3n) is 2.99. The molecule has 1 aliphatic carbocycles. The van der Waals surface area contributed by atoms with Crippen molar-refractivity contribution in [2.45, 2.75) is 12.8 Å². The number of allylic oxidation sites excluding steroid dienone is 1. The summed E-state index contributed by atoms with van der Waals surface area (Å²) < 4.78 is 5.51. The Morgan fingerprint density at radius 3 is 2.80 bits per heavy atom. The largest absolute Gasteiger partial charge is 0.464 e. The van der Waals surface area contributed by atoms with Gasteiger partial charge in [0.05, 0.1) is 6.26 Å². The highest BCUT2D eigenvalue weighted by atomic mass is 16.3. The van der Waals surface area contributed by atoms with Crippen LogP contribution >= 0.6 is 0 Å². The van der Waals surface area contributed by atoms with Crippen LogP contribution in [0.3, 0.4) is 0 Å². The molecule has 0 saturated heterocycles. The van der Waals surface area contributed by atoms with E-state index in [0.29, 0.717) is 0 Å². The molecule has 0 bridgehead atoms. The second-order valence-corrected chi connectivity index (χ2v) is 3.92. The summed E-state index contributed by atoms with van der Waals surface area (Å²) in [5.41, 5.74) is 4.97. The molecule has 1 aromatic carbocycles. The van der Waals surface area contributed by atoms with Crippen molar-refractivity contribution in [1.29, 1.82) is 0 Å². The summed E-state index contributed by atoms with van der Waals surface area (Å²) in [6.07, 6.45) is 3.79. The molecule has 0 atom stereocenters. The molecule has 0 saturated carbocycles. The number of hydrogen-bond donors (Lipinski definition) is 0. The van der Waals surface area contributed by atoms with E-state index in [1.54, 1.807) is 6.26 Å². The van der Waals surface area contributed by atoms with Crippen molar-refractivity contribution in [3.63, 3.8) is 0 Å². The number of furan rings is 1. The van der Waals surface area contributed by atoms with Crippen molar-refractivity contribution < 1.29 is 4.42 Å². The number of rotatable bonds is 0. The standard InChI is InChI=1S/C14H12O/c1-10-6-7-11-4-2-3-5-12(11)13-8-9-15-14(10)13/h2-5,8-9H,1,6-7H2. The third kappa shape index (κ3) is 1.23. The fourth-order valence-electron chi connectivity index (χ4n) is 2.20. The van der Waals surface area contributed by atoms with Crippen LogP contribution in [0.25, 0.3) is 16.7 Å². The highest BCUT2D eigenvalue weighted by Gasteiger charge is 2.18. The number of hydrogen-bond acceptors (Lipinski definition) is 1. The predicted octanol–water partition coefficient (Wildman–Crippen LogP) is 3.91. The van der Waals surface area contributed by atoms with Crippen LogP contribution in [0.2, 0.25) is 0 Å². The van der Waals surface area contributed by atoms with E-state index in [1.807, 2.05) is 6.07 Å². The zero-order valence-corrected chi connectivity index (χ0v) is 8.49. The van der Waals surface area contributed by atoms with E-state index < -0.39 is 0 Å². The number of aryl methyl sites for hydroxylation is 1. The molecule has 0 amide bonds. The molecule has 0 spiro atoms. The van der Waals surface area contributed by atoms with Gasteiger partial charge in [0.25, 0.3) is 0 Å². The molecule has 1 aromatic heterocycles. The highest BCUT2D eigenvalue weighted by molar-refractivity contribution is 5.81. The lowest BCUT2D eigenvalue weighted by Crippen LogP contribution is -1.85. The second kappa shape index (κ2) is 3.13. The van der Waals surface area contributed by atoms with Gasteiger partial charge >= 0.3 is 0 Å². The van der Waals surface area contributed by atoms with Crippen LogP contribution < -0.4 is 0 Å². The molecule has 74 valence electrons. The first-order valence-corrected chi connectivity index (χ1v) is 5.20. The summed E-state index contributed by atoms with van der Waals surface area (Å²) in [5.74, 6) is 0.958. The summed E-state index contributed by atoms with van der Waals surface area (Å²) in [5, 5.41) is 0. The molecule has 3 rings (SSSR count). The summed E-state index contributed by atoms with van der Waals surface area (Å²) in [6.45, 7) is 4.08. The van der Waals surface area contributed by atoms with Crippen LogP contribution in [0.15, 0.2) is 47.6 Å². The van der Waals surface area contributed by atoms with Gasteiger partial charge in [-0.3, -0.25) is 0 Å². The molecule has 1 aliphatic rings. The van der Waals surface area contributed by atoms with Gasteiger partial charge < -0.3 is 4.42 Å². The quantitative estimate of drug-likeness (QED) is 0.622. The van der Waals surface area contributed by atoms with Gasteiger partial charge in [0, 0.05) is 5.56 Å². The fourth-order valence-corrected chi connectivity index (χ4v) is 2.20. The Hall–Kier alpha value is -1.76. The van der Waals surface area contributed by atoms with E-state index in [4.69, 9.17) is 4.42 Å². The lowest BCUT2D eigenvalue weighted by Gasteiger charge is -2.03. The number of benzene rings is 1. The van der Waals surface area contributed by atoms with Gasteiger partial charge in [0.15, 0.2) is 0 Å². The van der Waals surface area contributed by atoms with Gasteiger partial charge in [-0.1, -0.05) is 30.8 Å². The van der Waals surface area contributed by atoms with Crippen LogP contribution in [-0.2, 0) is 6.42 Å². The van der Waals surface area contributed by atoms with Crippen molar-refractivity contribution in [3.05, 3.63) is 54.5 Å². The first-order valence-electron chi connectivity index (χ1n) is 5.20. The molecular formula is C14H12O. The van der Waals surface area contributed by atoms with Crippen molar-refractivity contribution in [1.82, 2.24) is 0 Å². The summed E-state index contributed by atoms with van der Waals surface area (Å²) in [7, 11) is 0. The Morgan fingerprint density at radius 2 is 1.87 bits per heavy atom. The van der Waals surface area contributed by atoms with E-state index >= 15 is 0 Å². The van der Waals surface area contributed by atoms with Crippen LogP contribution in [0.1, 0.15) is 17.7 Å². The molecule has 2 aromatic rings. The summed E-state index contributed by atoms with van der Waals surface area (Å²) in [6, 6.07) is 10.5. The summed E-state index contributed by atoms with van der Waals surface area (Å²) >= 11 is 0. The van der Waals surface area contributed by atoms with Crippen LogP contribution in [0.5, 0.6) is 0 Å². The van der Waals surface area contributed by atoms with E-state index in [9.17, 15) is 0 Å². The maximum Gasteiger partial charge on any atom is 0.137 e. The van der Waals surface area contributed by atoms with Crippen molar-refractivity contribution in [3.8, 4) is 11.1 Å². The average Bonchev–Trinajstić information content (AvgIpc) is 2.71. The maximum atomic E-state index is 5.51. The Bertz CT molecular complexity index is 520. The second-order valence-electron chi connectivity index (χ2n) is 3.92. The molecule has 1 nitrogen and oxygen atoms in total. The average molecular weight is 196 g/mol. The first-order chi connectivity index (χ1) is 7.36.